The van der Waals surface area contributed by atoms with Crippen LogP contribution in [0, 0.1) is 5.92 Å². The molecule has 0 spiro atoms. The van der Waals surface area contributed by atoms with Crippen molar-refractivity contribution < 1.29 is 19.1 Å². The van der Waals surface area contributed by atoms with Crippen LogP contribution in [0.25, 0.3) is 0 Å². The zero-order valence-corrected chi connectivity index (χ0v) is 22.2. The van der Waals surface area contributed by atoms with Crippen LogP contribution in [-0.4, -0.2) is 72.5 Å². The molecule has 2 rings (SSSR count). The molecule has 0 bridgehead atoms. The summed E-state index contributed by atoms with van der Waals surface area (Å²) in [4.78, 5) is 30.9. The van der Waals surface area contributed by atoms with Crippen LogP contribution >= 0.6 is 24.0 Å². The lowest BCUT2D eigenvalue weighted by Gasteiger charge is -2.34. The van der Waals surface area contributed by atoms with Gasteiger partial charge in [0.05, 0.1) is 18.7 Å². The summed E-state index contributed by atoms with van der Waals surface area (Å²) in [7, 11) is 0. The number of carbonyl (C=O) groups is 2. The predicted molar refractivity (Wildman–Crippen MR) is 132 cm³/mol. The average molecular weight is 553 g/mol. The second-order valence-corrected chi connectivity index (χ2v) is 9.40. The maximum absolute atomic E-state index is 12.8. The van der Waals surface area contributed by atoms with Gasteiger partial charge in [-0.25, -0.2) is 4.79 Å². The molecule has 3 N–H and O–H groups in total. The lowest BCUT2D eigenvalue weighted by molar-refractivity contribution is -0.122. The van der Waals surface area contributed by atoms with E-state index in [-0.39, 0.29) is 47.9 Å². The van der Waals surface area contributed by atoms with Crippen molar-refractivity contribution in [1.29, 1.82) is 0 Å². The van der Waals surface area contributed by atoms with Gasteiger partial charge in [0, 0.05) is 25.6 Å². The monoisotopic (exact) mass is 553 g/mol. The van der Waals surface area contributed by atoms with Gasteiger partial charge in [-0.15, -0.1) is 24.0 Å². The number of amides is 2. The molecule has 10 heteroatoms. The Morgan fingerprint density at radius 2 is 1.77 bits per heavy atom. The summed E-state index contributed by atoms with van der Waals surface area (Å²) in [6, 6.07) is -0.250. The van der Waals surface area contributed by atoms with Gasteiger partial charge in [0.25, 0.3) is 0 Å². The molecule has 2 atom stereocenters. The van der Waals surface area contributed by atoms with Crippen LogP contribution in [0.2, 0.25) is 0 Å². The molecule has 1 saturated carbocycles. The zero-order valence-electron chi connectivity index (χ0n) is 19.9. The van der Waals surface area contributed by atoms with Crippen molar-refractivity contribution in [1.82, 2.24) is 20.9 Å². The molecule has 2 amide bonds. The Morgan fingerprint density at radius 3 is 2.32 bits per heavy atom. The van der Waals surface area contributed by atoms with Crippen molar-refractivity contribution >= 4 is 41.9 Å². The van der Waals surface area contributed by atoms with Gasteiger partial charge >= 0.3 is 6.09 Å². The van der Waals surface area contributed by atoms with Crippen LogP contribution in [0.15, 0.2) is 4.99 Å². The van der Waals surface area contributed by atoms with Crippen molar-refractivity contribution in [2.75, 3.05) is 26.2 Å². The van der Waals surface area contributed by atoms with Gasteiger partial charge in [0.2, 0.25) is 5.91 Å². The van der Waals surface area contributed by atoms with Crippen LogP contribution in [0.1, 0.15) is 61.3 Å². The van der Waals surface area contributed by atoms with Crippen molar-refractivity contribution in [3.63, 3.8) is 0 Å². The number of nitrogens with one attached hydrogen (secondary N) is 3. The largest absolute Gasteiger partial charge is 0.444 e. The zero-order chi connectivity index (χ0) is 22.5. The molecule has 0 aromatic heterocycles. The molecule has 1 aliphatic carbocycles. The summed E-state index contributed by atoms with van der Waals surface area (Å²) < 4.78 is 11.6. The first-order valence-electron chi connectivity index (χ1n) is 10.9. The second kappa shape index (κ2) is 11.5. The van der Waals surface area contributed by atoms with Crippen LogP contribution in [0.4, 0.5) is 4.79 Å². The normalized spacial score (nSPS) is 23.1. The van der Waals surface area contributed by atoms with E-state index in [1.54, 1.807) is 4.90 Å². The van der Waals surface area contributed by atoms with E-state index in [1.807, 2.05) is 48.5 Å². The fourth-order valence-corrected chi connectivity index (χ4v) is 3.48. The fourth-order valence-electron chi connectivity index (χ4n) is 3.48. The third kappa shape index (κ3) is 8.63. The molecular weight excluding hydrogens is 513 g/mol. The molecule has 31 heavy (non-hydrogen) atoms. The van der Waals surface area contributed by atoms with E-state index in [0.717, 1.165) is 12.8 Å². The number of guanidine groups is 1. The quantitative estimate of drug-likeness (QED) is 0.194. The molecule has 0 radical (unpaired) electrons. The highest BCUT2D eigenvalue weighted by molar-refractivity contribution is 14.0. The van der Waals surface area contributed by atoms with Crippen LogP contribution in [0.3, 0.4) is 0 Å². The van der Waals surface area contributed by atoms with Gasteiger partial charge in [0.1, 0.15) is 11.3 Å². The van der Waals surface area contributed by atoms with Crippen molar-refractivity contribution in [3.8, 4) is 0 Å². The van der Waals surface area contributed by atoms with E-state index < -0.39 is 17.4 Å². The smallest absolute Gasteiger partial charge is 0.412 e. The first-order chi connectivity index (χ1) is 13.9. The Hall–Kier alpha value is -1.30. The Bertz CT molecular complexity index is 646. The second-order valence-electron chi connectivity index (χ2n) is 9.40. The molecule has 1 saturated heterocycles. The highest BCUT2D eigenvalue weighted by atomic mass is 127. The Balaban J connectivity index is 0.00000480. The fraction of sp³-hybridized carbons (Fsp3) is 0.857. The Labute approximate surface area is 203 Å². The highest BCUT2D eigenvalue weighted by Crippen LogP contribution is 2.33. The number of aliphatic imine (C=N–C) groups is 1. The first kappa shape index (κ1) is 27.7. The summed E-state index contributed by atoms with van der Waals surface area (Å²) >= 11 is 0. The number of halogens is 1. The SMILES string of the molecule is CCNC(=NCC1C(C)OC(C)(C)N1C(=O)OC(C)(C)C)NCCNC(=O)C1CC1.I. The first-order valence-corrected chi connectivity index (χ1v) is 10.9. The molecule has 0 aromatic rings. The molecule has 0 aromatic carbocycles. The maximum Gasteiger partial charge on any atom is 0.412 e. The van der Waals surface area contributed by atoms with E-state index >= 15 is 0 Å². The molecule has 2 unspecified atom stereocenters. The summed E-state index contributed by atoms with van der Waals surface area (Å²) in [6.07, 6.45) is 1.40. The van der Waals surface area contributed by atoms with E-state index in [9.17, 15) is 9.59 Å². The van der Waals surface area contributed by atoms with E-state index in [1.165, 1.54) is 0 Å². The number of nitrogens with zero attached hydrogens (tertiary/aromatic N) is 2. The number of hydrogen-bond acceptors (Lipinski definition) is 5. The number of rotatable bonds is 7. The number of carbonyl (C=O) groups excluding carboxylic acids is 2. The van der Waals surface area contributed by atoms with Gasteiger partial charge in [-0.3, -0.25) is 14.7 Å². The Kier molecular flexibility index (Phi) is 10.3. The summed E-state index contributed by atoms with van der Waals surface area (Å²) in [5.74, 6) is 0.975. The van der Waals surface area contributed by atoms with Crippen molar-refractivity contribution in [2.24, 2.45) is 10.9 Å². The summed E-state index contributed by atoms with van der Waals surface area (Å²) in [6.45, 7) is 15.4. The third-order valence-electron chi connectivity index (χ3n) is 4.96. The molecule has 1 aliphatic heterocycles. The lowest BCUT2D eigenvalue weighted by atomic mass is 10.1. The Morgan fingerprint density at radius 1 is 1.16 bits per heavy atom. The van der Waals surface area contributed by atoms with Gasteiger partial charge < -0.3 is 25.4 Å². The minimum absolute atomic E-state index is 0. The van der Waals surface area contributed by atoms with Crippen LogP contribution in [-0.2, 0) is 14.3 Å². The van der Waals surface area contributed by atoms with Gasteiger partial charge in [0.15, 0.2) is 5.96 Å². The molecule has 2 fully saturated rings. The minimum atomic E-state index is -0.777. The van der Waals surface area contributed by atoms with E-state index in [2.05, 4.69) is 20.9 Å². The topological polar surface area (TPSA) is 104 Å². The van der Waals surface area contributed by atoms with E-state index in [4.69, 9.17) is 9.47 Å². The minimum Gasteiger partial charge on any atom is -0.444 e. The predicted octanol–water partition coefficient (Wildman–Crippen LogP) is 2.45. The van der Waals surface area contributed by atoms with Crippen molar-refractivity contribution in [3.05, 3.63) is 0 Å². The summed E-state index contributed by atoms with van der Waals surface area (Å²) in [5, 5.41) is 9.35. The van der Waals surface area contributed by atoms with E-state index in [0.29, 0.717) is 32.1 Å². The number of ether oxygens (including phenoxy) is 2. The van der Waals surface area contributed by atoms with Gasteiger partial charge in [-0.1, -0.05) is 0 Å². The highest BCUT2D eigenvalue weighted by Gasteiger charge is 2.49. The van der Waals surface area contributed by atoms with Gasteiger partial charge in [-0.2, -0.15) is 0 Å². The molecule has 9 nitrogen and oxygen atoms in total. The van der Waals surface area contributed by atoms with Crippen LogP contribution < -0.4 is 16.0 Å². The molecule has 1 heterocycles. The van der Waals surface area contributed by atoms with Gasteiger partial charge in [-0.05, 0) is 61.3 Å². The maximum atomic E-state index is 12.8. The number of hydrogen-bond donors (Lipinski definition) is 3. The summed E-state index contributed by atoms with van der Waals surface area (Å²) in [5.41, 5.74) is -1.37. The molecule has 2 aliphatic rings. The standard InChI is InChI=1S/C21H39N5O4.HI/c1-8-22-18(24-12-11-23-17(27)15-9-10-15)25-13-16-14(2)29-21(6,7)26(16)19(28)30-20(3,4)5;/h14-16H,8-13H2,1-7H3,(H,23,27)(H2,22,24,25);1H. The molecule has 180 valence electrons. The van der Waals surface area contributed by atoms with Crippen LogP contribution in [0.5, 0.6) is 0 Å². The average Bonchev–Trinajstić information content (AvgIpc) is 3.40. The lowest BCUT2D eigenvalue weighted by Crippen LogP contribution is -2.51. The van der Waals surface area contributed by atoms with Crippen molar-refractivity contribution in [2.45, 2.75) is 84.8 Å². The molecular formula is C21H40IN5O4. The third-order valence-corrected chi connectivity index (χ3v) is 4.96.